The van der Waals surface area contributed by atoms with Gasteiger partial charge in [0.25, 0.3) is 5.91 Å². The van der Waals surface area contributed by atoms with Crippen molar-refractivity contribution in [1.82, 2.24) is 0 Å². The molecular formula is C16H14F3NO. The molecule has 0 aromatic heterocycles. The molecule has 110 valence electrons. The molecule has 2 aromatic rings. The molecule has 5 heteroatoms. The highest BCUT2D eigenvalue weighted by atomic mass is 19.2. The van der Waals surface area contributed by atoms with E-state index < -0.39 is 23.4 Å². The van der Waals surface area contributed by atoms with E-state index in [4.69, 9.17) is 0 Å². The monoisotopic (exact) mass is 293 g/mol. The van der Waals surface area contributed by atoms with Crippen LogP contribution in [-0.2, 0) is 0 Å². The molecule has 0 unspecified atom stereocenters. The summed E-state index contributed by atoms with van der Waals surface area (Å²) in [5.41, 5.74) is 1.35. The molecule has 0 aliphatic rings. The van der Waals surface area contributed by atoms with Crippen LogP contribution in [0.25, 0.3) is 0 Å². The maximum Gasteiger partial charge on any atom is 0.258 e. The third-order valence-electron chi connectivity index (χ3n) is 3.11. The third-order valence-corrected chi connectivity index (χ3v) is 3.11. The quantitative estimate of drug-likeness (QED) is 0.781. The van der Waals surface area contributed by atoms with E-state index in [-0.39, 0.29) is 5.56 Å². The Morgan fingerprint density at radius 1 is 1.10 bits per heavy atom. The van der Waals surface area contributed by atoms with Gasteiger partial charge in [-0.3, -0.25) is 4.79 Å². The number of carbonyl (C=O) groups excluding carboxylic acids is 1. The van der Waals surface area contributed by atoms with Crippen molar-refractivity contribution in [1.29, 1.82) is 0 Å². The summed E-state index contributed by atoms with van der Waals surface area (Å²) in [5.74, 6) is -4.91. The third kappa shape index (κ3) is 3.07. The second kappa shape index (κ2) is 5.99. The van der Waals surface area contributed by atoms with Crippen molar-refractivity contribution >= 4 is 11.6 Å². The summed E-state index contributed by atoms with van der Waals surface area (Å²) in [6.07, 6.45) is 0. The zero-order valence-corrected chi connectivity index (χ0v) is 11.7. The molecule has 0 spiro atoms. The van der Waals surface area contributed by atoms with Crippen LogP contribution in [0.2, 0.25) is 0 Å². The van der Waals surface area contributed by atoms with Crippen molar-refractivity contribution in [2.24, 2.45) is 0 Å². The van der Waals surface area contributed by atoms with E-state index in [0.29, 0.717) is 24.4 Å². The minimum absolute atomic E-state index is 0.227. The largest absolute Gasteiger partial charge is 0.309 e. The topological polar surface area (TPSA) is 20.3 Å². The Hall–Kier alpha value is -2.30. The van der Waals surface area contributed by atoms with Crippen molar-refractivity contribution < 1.29 is 18.0 Å². The highest BCUT2D eigenvalue weighted by Crippen LogP contribution is 2.20. The van der Waals surface area contributed by atoms with E-state index in [2.05, 4.69) is 0 Å². The molecule has 0 atom stereocenters. The molecule has 0 heterocycles. The van der Waals surface area contributed by atoms with Crippen LogP contribution in [0, 0.1) is 24.4 Å². The molecule has 21 heavy (non-hydrogen) atoms. The number of hydrogen-bond donors (Lipinski definition) is 0. The predicted molar refractivity (Wildman–Crippen MR) is 74.8 cm³/mol. The first-order valence-electron chi connectivity index (χ1n) is 6.47. The first-order chi connectivity index (χ1) is 9.93. The van der Waals surface area contributed by atoms with Crippen molar-refractivity contribution in [3.05, 3.63) is 65.0 Å². The van der Waals surface area contributed by atoms with Crippen LogP contribution in [-0.4, -0.2) is 12.5 Å². The first kappa shape index (κ1) is 15.1. The Bertz CT molecular complexity index is 662. The standard InChI is InChI=1S/C16H14F3NO/c1-3-20(12-6-4-5-10(2)7-12)16(21)11-8-13(17)15(19)14(18)9-11/h4-9H,3H2,1-2H3. The summed E-state index contributed by atoms with van der Waals surface area (Å²) in [5, 5.41) is 0. The van der Waals surface area contributed by atoms with Gasteiger partial charge in [0.2, 0.25) is 0 Å². The molecule has 0 bridgehead atoms. The molecule has 0 N–H and O–H groups in total. The molecule has 0 radical (unpaired) electrons. The molecular weight excluding hydrogens is 279 g/mol. The van der Waals surface area contributed by atoms with Crippen LogP contribution in [0.3, 0.4) is 0 Å². The van der Waals surface area contributed by atoms with Crippen LogP contribution < -0.4 is 4.90 Å². The Kier molecular flexibility index (Phi) is 4.31. The average Bonchev–Trinajstić information content (AvgIpc) is 2.45. The summed E-state index contributed by atoms with van der Waals surface area (Å²) >= 11 is 0. The first-order valence-corrected chi connectivity index (χ1v) is 6.47. The molecule has 0 saturated carbocycles. The van der Waals surface area contributed by atoms with Crippen molar-refractivity contribution in [3.63, 3.8) is 0 Å². The van der Waals surface area contributed by atoms with Crippen LogP contribution in [0.15, 0.2) is 36.4 Å². The lowest BCUT2D eigenvalue weighted by Gasteiger charge is -2.21. The van der Waals surface area contributed by atoms with E-state index in [1.54, 1.807) is 25.1 Å². The van der Waals surface area contributed by atoms with Gasteiger partial charge in [0.15, 0.2) is 17.5 Å². The fourth-order valence-corrected chi connectivity index (χ4v) is 2.07. The average molecular weight is 293 g/mol. The number of rotatable bonds is 3. The zero-order valence-electron chi connectivity index (χ0n) is 11.7. The predicted octanol–water partition coefficient (Wildman–Crippen LogP) is 4.08. The van der Waals surface area contributed by atoms with Crippen LogP contribution in [0.5, 0.6) is 0 Å². The van der Waals surface area contributed by atoms with Crippen molar-refractivity contribution in [2.45, 2.75) is 13.8 Å². The van der Waals surface area contributed by atoms with Crippen LogP contribution >= 0.6 is 0 Å². The molecule has 1 amide bonds. The SMILES string of the molecule is CCN(C(=O)c1cc(F)c(F)c(F)c1)c1cccc(C)c1. The fraction of sp³-hybridized carbons (Fsp3) is 0.188. The second-order valence-corrected chi connectivity index (χ2v) is 4.64. The maximum atomic E-state index is 13.2. The lowest BCUT2D eigenvalue weighted by Crippen LogP contribution is -2.31. The molecule has 2 aromatic carbocycles. The Morgan fingerprint density at radius 3 is 2.24 bits per heavy atom. The minimum Gasteiger partial charge on any atom is -0.309 e. The Morgan fingerprint density at radius 2 is 1.71 bits per heavy atom. The summed E-state index contributed by atoms with van der Waals surface area (Å²) in [7, 11) is 0. The van der Waals surface area contributed by atoms with Gasteiger partial charge in [-0.2, -0.15) is 0 Å². The maximum absolute atomic E-state index is 13.2. The molecule has 0 aliphatic carbocycles. The van der Waals surface area contributed by atoms with Gasteiger partial charge in [-0.05, 0) is 43.7 Å². The van der Waals surface area contributed by atoms with Gasteiger partial charge in [0.05, 0.1) is 0 Å². The smallest absolute Gasteiger partial charge is 0.258 e. The molecule has 0 aliphatic heterocycles. The van der Waals surface area contributed by atoms with E-state index in [0.717, 1.165) is 5.56 Å². The number of aryl methyl sites for hydroxylation is 1. The van der Waals surface area contributed by atoms with Gasteiger partial charge in [0, 0.05) is 17.8 Å². The summed E-state index contributed by atoms with van der Waals surface area (Å²) in [6, 6.07) is 8.59. The zero-order chi connectivity index (χ0) is 15.6. The minimum atomic E-state index is -1.58. The molecule has 2 nitrogen and oxygen atoms in total. The van der Waals surface area contributed by atoms with E-state index in [1.165, 1.54) is 4.90 Å². The summed E-state index contributed by atoms with van der Waals surface area (Å²) in [4.78, 5) is 13.7. The van der Waals surface area contributed by atoms with Gasteiger partial charge in [-0.1, -0.05) is 12.1 Å². The number of hydrogen-bond acceptors (Lipinski definition) is 1. The van der Waals surface area contributed by atoms with Crippen molar-refractivity contribution in [3.8, 4) is 0 Å². The van der Waals surface area contributed by atoms with Gasteiger partial charge >= 0.3 is 0 Å². The normalized spacial score (nSPS) is 10.5. The number of halogens is 3. The molecule has 2 rings (SSSR count). The van der Waals surface area contributed by atoms with Gasteiger partial charge in [0.1, 0.15) is 0 Å². The van der Waals surface area contributed by atoms with Crippen molar-refractivity contribution in [2.75, 3.05) is 11.4 Å². The molecule has 0 saturated heterocycles. The number of benzene rings is 2. The number of nitrogens with zero attached hydrogens (tertiary/aromatic N) is 1. The van der Waals surface area contributed by atoms with E-state index >= 15 is 0 Å². The number of amides is 1. The van der Waals surface area contributed by atoms with E-state index in [1.807, 2.05) is 13.0 Å². The Labute approximate surface area is 120 Å². The second-order valence-electron chi connectivity index (χ2n) is 4.64. The van der Waals surface area contributed by atoms with Gasteiger partial charge in [-0.25, -0.2) is 13.2 Å². The highest BCUT2D eigenvalue weighted by Gasteiger charge is 2.20. The highest BCUT2D eigenvalue weighted by molar-refractivity contribution is 6.06. The summed E-state index contributed by atoms with van der Waals surface area (Å²) < 4.78 is 39.5. The van der Waals surface area contributed by atoms with E-state index in [9.17, 15) is 18.0 Å². The van der Waals surface area contributed by atoms with Crippen LogP contribution in [0.4, 0.5) is 18.9 Å². The van der Waals surface area contributed by atoms with Gasteiger partial charge in [-0.15, -0.1) is 0 Å². The summed E-state index contributed by atoms with van der Waals surface area (Å²) in [6.45, 7) is 3.94. The lowest BCUT2D eigenvalue weighted by molar-refractivity contribution is 0.0987. The Balaban J connectivity index is 2.41. The number of anilines is 1. The fourth-order valence-electron chi connectivity index (χ4n) is 2.07. The van der Waals surface area contributed by atoms with Gasteiger partial charge < -0.3 is 4.90 Å². The van der Waals surface area contributed by atoms with Crippen LogP contribution in [0.1, 0.15) is 22.8 Å². The lowest BCUT2D eigenvalue weighted by atomic mass is 10.1. The number of carbonyl (C=O) groups is 1. The molecule has 0 fully saturated rings.